The van der Waals surface area contributed by atoms with Crippen LogP contribution in [0.5, 0.6) is 5.75 Å². The second-order valence-corrected chi connectivity index (χ2v) is 5.50. The first-order valence-electron chi connectivity index (χ1n) is 7.82. The minimum Gasteiger partial charge on any atom is -0.497 e. The fraction of sp³-hybridized carbons (Fsp3) is 0.263. The van der Waals surface area contributed by atoms with Crippen LogP contribution in [0.4, 0.5) is 4.39 Å². The number of nitrogens with one attached hydrogen (secondary N) is 1. The van der Waals surface area contributed by atoms with Gasteiger partial charge in [-0.3, -0.25) is 9.59 Å². The van der Waals surface area contributed by atoms with Gasteiger partial charge in [0.2, 0.25) is 0 Å². The van der Waals surface area contributed by atoms with E-state index >= 15 is 0 Å². The molecule has 2 aromatic carbocycles. The van der Waals surface area contributed by atoms with E-state index in [9.17, 15) is 14.0 Å². The lowest BCUT2D eigenvalue weighted by Gasteiger charge is -2.14. The van der Waals surface area contributed by atoms with Gasteiger partial charge in [-0.25, -0.2) is 4.39 Å². The predicted molar refractivity (Wildman–Crippen MR) is 90.5 cm³/mol. The average Bonchev–Trinajstić information content (AvgIpc) is 2.59. The van der Waals surface area contributed by atoms with E-state index in [-0.39, 0.29) is 6.42 Å². The zero-order valence-electron chi connectivity index (χ0n) is 14.1. The molecule has 1 atom stereocenters. The largest absolute Gasteiger partial charge is 0.497 e. The second kappa shape index (κ2) is 8.82. The number of methoxy groups -OCH3 is 1. The van der Waals surface area contributed by atoms with Crippen molar-refractivity contribution in [2.45, 2.75) is 26.0 Å². The van der Waals surface area contributed by atoms with Crippen molar-refractivity contribution in [3.63, 3.8) is 0 Å². The highest BCUT2D eigenvalue weighted by Gasteiger charge is 2.17. The summed E-state index contributed by atoms with van der Waals surface area (Å²) in [6.07, 6.45) is -1.02. The summed E-state index contributed by atoms with van der Waals surface area (Å²) in [4.78, 5) is 23.9. The van der Waals surface area contributed by atoms with Crippen LogP contribution in [0.15, 0.2) is 48.5 Å². The van der Waals surface area contributed by atoms with Crippen molar-refractivity contribution >= 4 is 11.9 Å². The summed E-state index contributed by atoms with van der Waals surface area (Å²) in [5.41, 5.74) is 1.39. The normalized spacial score (nSPS) is 11.5. The number of rotatable bonds is 7. The Balaban J connectivity index is 1.79. The molecule has 2 aromatic rings. The molecule has 0 saturated carbocycles. The highest BCUT2D eigenvalue weighted by atomic mass is 19.1. The van der Waals surface area contributed by atoms with Gasteiger partial charge in [0.25, 0.3) is 5.91 Å². The minimum atomic E-state index is -0.931. The summed E-state index contributed by atoms with van der Waals surface area (Å²) in [5.74, 6) is -0.675. The van der Waals surface area contributed by atoms with Crippen LogP contribution in [0.25, 0.3) is 0 Å². The predicted octanol–water partition coefficient (Wildman–Crippen LogP) is 2.62. The topological polar surface area (TPSA) is 64.6 Å². The van der Waals surface area contributed by atoms with Crippen molar-refractivity contribution in [1.29, 1.82) is 0 Å². The van der Waals surface area contributed by atoms with Crippen LogP contribution in [-0.2, 0) is 27.3 Å². The van der Waals surface area contributed by atoms with Gasteiger partial charge in [-0.2, -0.15) is 0 Å². The molecule has 0 saturated heterocycles. The maximum atomic E-state index is 13.1. The zero-order valence-corrected chi connectivity index (χ0v) is 14.1. The van der Waals surface area contributed by atoms with Gasteiger partial charge in [0.1, 0.15) is 11.6 Å². The van der Waals surface area contributed by atoms with Crippen molar-refractivity contribution < 1.29 is 23.5 Å². The molecule has 0 aromatic heterocycles. The molecule has 0 fully saturated rings. The van der Waals surface area contributed by atoms with Gasteiger partial charge < -0.3 is 14.8 Å². The van der Waals surface area contributed by atoms with Crippen molar-refractivity contribution in [2.75, 3.05) is 7.11 Å². The summed E-state index contributed by atoms with van der Waals surface area (Å²) < 4.78 is 23.2. The number of hydrogen-bond acceptors (Lipinski definition) is 4. The van der Waals surface area contributed by atoms with E-state index in [1.54, 1.807) is 25.3 Å². The highest BCUT2D eigenvalue weighted by molar-refractivity contribution is 5.83. The lowest BCUT2D eigenvalue weighted by molar-refractivity contribution is -0.154. The number of ether oxygens (including phenoxy) is 2. The third-order valence-corrected chi connectivity index (χ3v) is 3.54. The third-order valence-electron chi connectivity index (χ3n) is 3.54. The van der Waals surface area contributed by atoms with E-state index in [0.717, 1.165) is 11.3 Å². The number of esters is 1. The van der Waals surface area contributed by atoms with Crippen LogP contribution < -0.4 is 10.1 Å². The molecule has 0 aliphatic heterocycles. The highest BCUT2D eigenvalue weighted by Crippen LogP contribution is 2.11. The molecule has 132 valence electrons. The number of hydrogen-bond donors (Lipinski definition) is 1. The summed E-state index contributed by atoms with van der Waals surface area (Å²) >= 11 is 0. The molecule has 0 aliphatic carbocycles. The molecule has 0 aliphatic rings. The second-order valence-electron chi connectivity index (χ2n) is 5.50. The summed E-state index contributed by atoms with van der Waals surface area (Å²) in [6.45, 7) is 1.81. The van der Waals surface area contributed by atoms with Gasteiger partial charge in [0, 0.05) is 6.54 Å². The van der Waals surface area contributed by atoms with Crippen molar-refractivity contribution in [3.05, 3.63) is 65.5 Å². The van der Waals surface area contributed by atoms with E-state index in [1.165, 1.54) is 25.1 Å². The van der Waals surface area contributed by atoms with Gasteiger partial charge in [0.15, 0.2) is 6.10 Å². The van der Waals surface area contributed by atoms with E-state index in [4.69, 9.17) is 9.47 Å². The zero-order chi connectivity index (χ0) is 18.2. The number of carbonyl (C=O) groups is 2. The number of amides is 1. The average molecular weight is 345 g/mol. The van der Waals surface area contributed by atoms with Crippen LogP contribution in [0.1, 0.15) is 18.1 Å². The molecule has 0 spiro atoms. The van der Waals surface area contributed by atoms with Crippen LogP contribution in [0, 0.1) is 5.82 Å². The summed E-state index contributed by atoms with van der Waals surface area (Å²) in [5, 5.41) is 2.70. The Labute approximate surface area is 145 Å². The Kier molecular flexibility index (Phi) is 6.51. The molecule has 0 heterocycles. The Bertz CT molecular complexity index is 730. The Hall–Kier alpha value is -2.89. The van der Waals surface area contributed by atoms with Crippen LogP contribution in [0.2, 0.25) is 0 Å². The van der Waals surface area contributed by atoms with Gasteiger partial charge in [0.05, 0.1) is 13.5 Å². The fourth-order valence-electron chi connectivity index (χ4n) is 2.18. The SMILES string of the molecule is COc1ccc(CNC(=O)[C@@H](C)OC(=O)Cc2cccc(F)c2)cc1. The fourth-order valence-corrected chi connectivity index (χ4v) is 2.18. The first kappa shape index (κ1) is 18.4. The van der Waals surface area contributed by atoms with Gasteiger partial charge in [-0.1, -0.05) is 24.3 Å². The maximum absolute atomic E-state index is 13.1. The molecular weight excluding hydrogens is 325 g/mol. The smallest absolute Gasteiger partial charge is 0.311 e. The maximum Gasteiger partial charge on any atom is 0.311 e. The monoisotopic (exact) mass is 345 g/mol. The van der Waals surface area contributed by atoms with Crippen LogP contribution >= 0.6 is 0 Å². The van der Waals surface area contributed by atoms with E-state index in [1.807, 2.05) is 12.1 Å². The Morgan fingerprint density at radius 3 is 2.48 bits per heavy atom. The molecule has 25 heavy (non-hydrogen) atoms. The molecule has 1 N–H and O–H groups in total. The number of halogens is 1. The van der Waals surface area contributed by atoms with Gasteiger partial charge in [-0.15, -0.1) is 0 Å². The van der Waals surface area contributed by atoms with Crippen molar-refractivity contribution in [3.8, 4) is 5.75 Å². The standard InChI is InChI=1S/C19H20FNO4/c1-13(25-18(22)11-15-4-3-5-16(20)10-15)19(23)21-12-14-6-8-17(24-2)9-7-14/h3-10,13H,11-12H2,1-2H3,(H,21,23)/t13-/m1/s1. The Morgan fingerprint density at radius 1 is 1.12 bits per heavy atom. The lowest BCUT2D eigenvalue weighted by atomic mass is 10.1. The molecule has 6 heteroatoms. The molecule has 0 radical (unpaired) electrons. The molecule has 5 nitrogen and oxygen atoms in total. The van der Waals surface area contributed by atoms with Crippen LogP contribution in [0.3, 0.4) is 0 Å². The third kappa shape index (κ3) is 5.91. The van der Waals surface area contributed by atoms with E-state index in [0.29, 0.717) is 12.1 Å². The molecule has 1 amide bonds. The van der Waals surface area contributed by atoms with E-state index in [2.05, 4.69) is 5.32 Å². The van der Waals surface area contributed by atoms with E-state index < -0.39 is 23.8 Å². The molecule has 0 bridgehead atoms. The molecular formula is C19H20FNO4. The molecule has 0 unspecified atom stereocenters. The van der Waals surface area contributed by atoms with Crippen molar-refractivity contribution in [2.24, 2.45) is 0 Å². The van der Waals surface area contributed by atoms with Gasteiger partial charge >= 0.3 is 5.97 Å². The first-order chi connectivity index (χ1) is 12.0. The van der Waals surface area contributed by atoms with Crippen LogP contribution in [-0.4, -0.2) is 25.1 Å². The van der Waals surface area contributed by atoms with Crippen molar-refractivity contribution in [1.82, 2.24) is 5.32 Å². The first-order valence-corrected chi connectivity index (χ1v) is 7.82. The minimum absolute atomic E-state index is 0.0894. The van der Waals surface area contributed by atoms with Gasteiger partial charge in [-0.05, 0) is 42.3 Å². The summed E-state index contributed by atoms with van der Waals surface area (Å²) in [6, 6.07) is 13.0. The summed E-state index contributed by atoms with van der Waals surface area (Å²) in [7, 11) is 1.58. The quantitative estimate of drug-likeness (QED) is 0.784. The number of carbonyl (C=O) groups excluding carboxylic acids is 2. The lowest BCUT2D eigenvalue weighted by Crippen LogP contribution is -2.35. The number of benzene rings is 2. The molecule has 2 rings (SSSR count). The Morgan fingerprint density at radius 2 is 1.84 bits per heavy atom.